The van der Waals surface area contributed by atoms with Crippen LogP contribution in [0.1, 0.15) is 20.8 Å². The monoisotopic (exact) mass is 230 g/mol. The minimum atomic E-state index is 0.500. The van der Waals surface area contributed by atoms with Gasteiger partial charge in [0.25, 0.3) is 0 Å². The van der Waals surface area contributed by atoms with Crippen LogP contribution < -0.4 is 11.0 Å². The molecule has 5 N–H and O–H groups in total. The van der Waals surface area contributed by atoms with Crippen LogP contribution in [-0.4, -0.2) is 30.0 Å². The fourth-order valence-electron chi connectivity index (χ4n) is 0. The Labute approximate surface area is 91.5 Å². The van der Waals surface area contributed by atoms with Crippen LogP contribution in [0.25, 0.3) is 5.73 Å². The van der Waals surface area contributed by atoms with Crippen molar-refractivity contribution >= 4 is 0 Å². The SMILES string of the molecule is CCNO.CCNO.CC[NH-].[O]=[Ti+]. The quantitative estimate of drug-likeness (QED) is 0.416. The van der Waals surface area contributed by atoms with Crippen molar-refractivity contribution in [2.24, 2.45) is 0 Å². The van der Waals surface area contributed by atoms with Crippen molar-refractivity contribution < 1.29 is 34.1 Å². The fourth-order valence-corrected chi connectivity index (χ4v) is 0. The maximum atomic E-state index is 8.25. The summed E-state index contributed by atoms with van der Waals surface area (Å²) in [6.45, 7) is 7.18. The molecule has 0 bridgehead atoms. The number of hydroxylamine groups is 2. The summed E-state index contributed by atoms with van der Waals surface area (Å²) in [4.78, 5) is 0. The second kappa shape index (κ2) is 55.8. The molecule has 0 unspecified atom stereocenters. The van der Waals surface area contributed by atoms with Crippen molar-refractivity contribution in [3.63, 3.8) is 0 Å². The molecule has 0 aromatic heterocycles. The summed E-state index contributed by atoms with van der Waals surface area (Å²) >= 11 is 0.750. The van der Waals surface area contributed by atoms with Crippen LogP contribution in [-0.2, 0) is 23.7 Å². The first-order chi connectivity index (χ1) is 6.24. The molecule has 81 valence electrons. The molecule has 0 amide bonds. The van der Waals surface area contributed by atoms with Gasteiger partial charge >= 0.3 is 23.7 Å². The third kappa shape index (κ3) is 245. The zero-order chi connectivity index (χ0) is 11.5. The van der Waals surface area contributed by atoms with Crippen LogP contribution in [0.3, 0.4) is 0 Å². The van der Waals surface area contributed by atoms with E-state index in [0.29, 0.717) is 19.6 Å². The molecule has 0 heterocycles. The Morgan fingerprint density at radius 1 is 1.08 bits per heavy atom. The van der Waals surface area contributed by atoms with Gasteiger partial charge in [0.2, 0.25) is 0 Å². The number of rotatable bonds is 2. The third-order valence-electron chi connectivity index (χ3n) is 0.316. The third-order valence-corrected chi connectivity index (χ3v) is 0.316. The maximum absolute atomic E-state index is 8.25. The van der Waals surface area contributed by atoms with E-state index in [4.69, 9.17) is 19.5 Å². The first-order valence-corrected chi connectivity index (χ1v) is 4.47. The first kappa shape index (κ1) is 23.3. The van der Waals surface area contributed by atoms with Gasteiger partial charge in [0.05, 0.1) is 0 Å². The fraction of sp³-hybridized carbons (Fsp3) is 1.00. The van der Waals surface area contributed by atoms with Gasteiger partial charge in [0, 0.05) is 13.1 Å². The van der Waals surface area contributed by atoms with E-state index in [1.807, 2.05) is 24.8 Å². The molecule has 6 nitrogen and oxygen atoms in total. The summed E-state index contributed by atoms with van der Waals surface area (Å²) in [5.74, 6) is 0. The average molecular weight is 230 g/mol. The van der Waals surface area contributed by atoms with E-state index < -0.39 is 0 Å². The predicted molar refractivity (Wildman–Crippen MR) is 46.5 cm³/mol. The minimum absolute atomic E-state index is 0.500. The Morgan fingerprint density at radius 3 is 1.15 bits per heavy atom. The Hall–Kier alpha value is 0.314. The molecule has 0 aliphatic carbocycles. The number of hydrogen-bond donors (Lipinski definition) is 4. The van der Waals surface area contributed by atoms with Crippen LogP contribution in [0.15, 0.2) is 0 Å². The molecule has 0 atom stereocenters. The molecule has 0 aromatic carbocycles. The molecule has 0 saturated carbocycles. The first-order valence-electron chi connectivity index (χ1n) is 3.83. The summed E-state index contributed by atoms with van der Waals surface area (Å²) < 4.78 is 8.25. The van der Waals surface area contributed by atoms with Crippen molar-refractivity contribution in [3.05, 3.63) is 5.73 Å². The normalized spacial score (nSPS) is 6.46. The zero-order valence-electron chi connectivity index (χ0n) is 8.42. The Morgan fingerprint density at radius 2 is 1.15 bits per heavy atom. The Balaban J connectivity index is -0.0000000431. The molecule has 0 rings (SSSR count). The summed E-state index contributed by atoms with van der Waals surface area (Å²) in [5, 5.41) is 15.2. The second-order valence-electron chi connectivity index (χ2n) is 1.38. The molecule has 0 aliphatic heterocycles. The van der Waals surface area contributed by atoms with Gasteiger partial charge in [-0.2, -0.15) is 6.54 Å². The van der Waals surface area contributed by atoms with E-state index in [9.17, 15) is 0 Å². The molecule has 0 aliphatic rings. The molecular weight excluding hydrogens is 210 g/mol. The van der Waals surface area contributed by atoms with E-state index in [1.165, 1.54) is 0 Å². The molecule has 0 aromatic rings. The average Bonchev–Trinajstić information content (AvgIpc) is 2.22. The van der Waals surface area contributed by atoms with Crippen LogP contribution in [0.4, 0.5) is 0 Å². The van der Waals surface area contributed by atoms with Crippen molar-refractivity contribution in [2.45, 2.75) is 20.8 Å². The molecule has 0 spiro atoms. The van der Waals surface area contributed by atoms with Gasteiger partial charge in [-0.15, -0.1) is 0 Å². The second-order valence-corrected chi connectivity index (χ2v) is 1.38. The van der Waals surface area contributed by atoms with Crippen molar-refractivity contribution in [1.82, 2.24) is 11.0 Å². The summed E-state index contributed by atoms with van der Waals surface area (Å²) in [6, 6.07) is 0. The summed E-state index contributed by atoms with van der Waals surface area (Å²) in [5.41, 5.74) is 10.1. The van der Waals surface area contributed by atoms with Gasteiger partial charge in [-0.05, 0) is 0 Å². The summed E-state index contributed by atoms with van der Waals surface area (Å²) in [6.07, 6.45) is 0. The molecule has 0 fully saturated rings. The molecular formula is C6H20N3O3Ti. The number of hydrogen-bond acceptors (Lipinski definition) is 5. The Kier molecular flexibility index (Phi) is 99.9. The van der Waals surface area contributed by atoms with Gasteiger partial charge in [-0.25, -0.2) is 11.0 Å². The Bertz CT molecular complexity index is 46.1. The predicted octanol–water partition coefficient (Wildman–Crippen LogP) is 0.907. The number of nitrogens with one attached hydrogen (secondary N) is 3. The van der Waals surface area contributed by atoms with Crippen LogP contribution in [0.5, 0.6) is 0 Å². The summed E-state index contributed by atoms with van der Waals surface area (Å²) in [7, 11) is 0. The molecule has 7 heteroatoms. The van der Waals surface area contributed by atoms with Crippen LogP contribution in [0.2, 0.25) is 0 Å². The van der Waals surface area contributed by atoms with Gasteiger partial charge in [0.1, 0.15) is 0 Å². The van der Waals surface area contributed by atoms with Crippen molar-refractivity contribution in [2.75, 3.05) is 19.6 Å². The van der Waals surface area contributed by atoms with E-state index in [1.54, 1.807) is 6.92 Å². The van der Waals surface area contributed by atoms with Crippen molar-refractivity contribution in [3.8, 4) is 0 Å². The van der Waals surface area contributed by atoms with Gasteiger partial charge in [-0.3, -0.25) is 0 Å². The van der Waals surface area contributed by atoms with Gasteiger partial charge < -0.3 is 16.1 Å². The van der Waals surface area contributed by atoms with Crippen molar-refractivity contribution in [1.29, 1.82) is 0 Å². The molecule has 13 heavy (non-hydrogen) atoms. The molecule has 0 saturated heterocycles. The van der Waals surface area contributed by atoms with E-state index >= 15 is 0 Å². The topological polar surface area (TPSA) is 105 Å². The van der Waals surface area contributed by atoms with Gasteiger partial charge in [-0.1, -0.05) is 20.8 Å². The van der Waals surface area contributed by atoms with Gasteiger partial charge in [0.15, 0.2) is 0 Å². The standard InChI is InChI=1S/2C2H7NO.C2H6N.O.Ti/c2*1-2-3-4;1-2-3;;/h2*3-4H,2H2,1H3;3H,2H2,1H3;;/q;;-1;;+1. The van der Waals surface area contributed by atoms with Crippen LogP contribution >= 0.6 is 0 Å². The van der Waals surface area contributed by atoms with E-state index in [2.05, 4.69) is 0 Å². The van der Waals surface area contributed by atoms with E-state index in [-0.39, 0.29) is 0 Å². The van der Waals surface area contributed by atoms with Crippen LogP contribution in [0, 0.1) is 0 Å². The van der Waals surface area contributed by atoms with E-state index in [0.717, 1.165) is 20.4 Å². The zero-order valence-corrected chi connectivity index (χ0v) is 9.99. The molecule has 0 radical (unpaired) electrons.